The van der Waals surface area contributed by atoms with Gasteiger partial charge in [0.15, 0.2) is 0 Å². The zero-order valence-corrected chi connectivity index (χ0v) is 18.4. The van der Waals surface area contributed by atoms with Gasteiger partial charge in [0, 0.05) is 49.9 Å². The lowest BCUT2D eigenvalue weighted by molar-refractivity contribution is -0.126. The maximum absolute atomic E-state index is 13.8. The first-order valence-corrected chi connectivity index (χ1v) is 10.8. The van der Waals surface area contributed by atoms with Gasteiger partial charge in [0.1, 0.15) is 5.82 Å². The van der Waals surface area contributed by atoms with Crippen LogP contribution in [0.3, 0.4) is 0 Å². The van der Waals surface area contributed by atoms with E-state index < -0.39 is 0 Å². The van der Waals surface area contributed by atoms with Gasteiger partial charge < -0.3 is 15.5 Å². The predicted octanol–water partition coefficient (Wildman–Crippen LogP) is 3.41. The number of nitrogens with one attached hydrogen (secondary N) is 2. The Kier molecular flexibility index (Phi) is 7.60. The smallest absolute Gasteiger partial charge is 0.317 e. The number of urea groups is 1. The second kappa shape index (κ2) is 10.4. The molecular weight excluding hydrogens is 395 g/mol. The molecule has 0 aliphatic carbocycles. The van der Waals surface area contributed by atoms with Crippen molar-refractivity contribution in [2.45, 2.75) is 45.6 Å². The number of nitrogens with zero attached hydrogens (tertiary/aromatic N) is 2. The van der Waals surface area contributed by atoms with E-state index in [1.165, 1.54) is 6.07 Å². The highest BCUT2D eigenvalue weighted by molar-refractivity contribution is 5.81. The minimum absolute atomic E-state index is 0.00610. The number of pyridine rings is 1. The fraction of sp³-hybridized carbons (Fsp3) is 0.458. The number of rotatable bonds is 6. The number of benzene rings is 1. The largest absolute Gasteiger partial charge is 0.355 e. The van der Waals surface area contributed by atoms with E-state index in [0.717, 1.165) is 11.3 Å². The minimum atomic E-state index is -0.328. The Balaban J connectivity index is 1.70. The number of carbonyl (C=O) groups excluding carboxylic acids is 2. The van der Waals surface area contributed by atoms with E-state index in [2.05, 4.69) is 15.6 Å². The van der Waals surface area contributed by atoms with Crippen LogP contribution < -0.4 is 10.6 Å². The molecule has 1 aliphatic rings. The van der Waals surface area contributed by atoms with Crippen LogP contribution in [0.15, 0.2) is 42.6 Å². The van der Waals surface area contributed by atoms with Crippen LogP contribution in [0.25, 0.3) is 0 Å². The van der Waals surface area contributed by atoms with Gasteiger partial charge in [-0.15, -0.1) is 0 Å². The molecule has 1 fully saturated rings. The number of likely N-dealkylation sites (tertiary alicyclic amines) is 1. The number of carbonyl (C=O) groups is 2. The van der Waals surface area contributed by atoms with Crippen LogP contribution in [-0.4, -0.2) is 47.5 Å². The standard InChI is InChI=1S/C24H31FN4O2/c1-16(2)28-24(31)29-14-19(18-7-8-22(25)17(3)12-18)13-20(15-29)23(30)27-11-9-21-6-4-5-10-26-21/h4-8,10,12,16,19-20H,9,11,13-15H2,1-3H3,(H,27,30)(H,28,31)/t19-,20+/m1/s1. The zero-order chi connectivity index (χ0) is 22.4. The van der Waals surface area contributed by atoms with Gasteiger partial charge in [0.2, 0.25) is 5.91 Å². The lowest BCUT2D eigenvalue weighted by Gasteiger charge is -2.38. The number of hydrogen-bond donors (Lipinski definition) is 2. The van der Waals surface area contributed by atoms with Crippen LogP contribution in [0.4, 0.5) is 9.18 Å². The van der Waals surface area contributed by atoms with Crippen LogP contribution in [0, 0.1) is 18.7 Å². The van der Waals surface area contributed by atoms with Gasteiger partial charge in [-0.3, -0.25) is 9.78 Å². The van der Waals surface area contributed by atoms with Crippen LogP contribution in [0.2, 0.25) is 0 Å². The molecule has 166 valence electrons. The van der Waals surface area contributed by atoms with Crippen LogP contribution in [0.5, 0.6) is 0 Å². The summed E-state index contributed by atoms with van der Waals surface area (Å²) < 4.78 is 13.8. The first-order valence-electron chi connectivity index (χ1n) is 10.8. The maximum atomic E-state index is 13.8. The first-order chi connectivity index (χ1) is 14.8. The summed E-state index contributed by atoms with van der Waals surface area (Å²) in [6.45, 7) is 6.90. The van der Waals surface area contributed by atoms with Crippen LogP contribution in [-0.2, 0) is 11.2 Å². The second-order valence-corrected chi connectivity index (χ2v) is 8.51. The third-order valence-corrected chi connectivity index (χ3v) is 5.58. The molecule has 2 N–H and O–H groups in total. The quantitative estimate of drug-likeness (QED) is 0.743. The molecule has 7 heteroatoms. The van der Waals surface area contributed by atoms with E-state index in [0.29, 0.717) is 38.0 Å². The molecule has 2 heterocycles. The van der Waals surface area contributed by atoms with Gasteiger partial charge in [0.05, 0.1) is 5.92 Å². The Morgan fingerprint density at radius 2 is 2.03 bits per heavy atom. The van der Waals surface area contributed by atoms with E-state index >= 15 is 0 Å². The van der Waals surface area contributed by atoms with Gasteiger partial charge >= 0.3 is 6.03 Å². The third-order valence-electron chi connectivity index (χ3n) is 5.58. The first kappa shape index (κ1) is 22.7. The highest BCUT2D eigenvalue weighted by atomic mass is 19.1. The van der Waals surface area contributed by atoms with E-state index in [4.69, 9.17) is 0 Å². The second-order valence-electron chi connectivity index (χ2n) is 8.51. The van der Waals surface area contributed by atoms with Crippen molar-refractivity contribution in [3.8, 4) is 0 Å². The average Bonchev–Trinajstić information content (AvgIpc) is 2.75. The summed E-state index contributed by atoms with van der Waals surface area (Å²) >= 11 is 0. The van der Waals surface area contributed by atoms with Crippen molar-refractivity contribution in [1.82, 2.24) is 20.5 Å². The third kappa shape index (κ3) is 6.26. The van der Waals surface area contributed by atoms with Crippen molar-refractivity contribution in [2.24, 2.45) is 5.92 Å². The van der Waals surface area contributed by atoms with Crippen molar-refractivity contribution in [3.05, 3.63) is 65.2 Å². The molecule has 1 saturated heterocycles. The van der Waals surface area contributed by atoms with Gasteiger partial charge in [-0.05, 0) is 56.5 Å². The Labute approximate surface area is 183 Å². The van der Waals surface area contributed by atoms with Crippen molar-refractivity contribution in [2.75, 3.05) is 19.6 Å². The highest BCUT2D eigenvalue weighted by Crippen LogP contribution is 2.31. The summed E-state index contributed by atoms with van der Waals surface area (Å²) in [6.07, 6.45) is 3.00. The van der Waals surface area contributed by atoms with Gasteiger partial charge in [0.25, 0.3) is 0 Å². The molecule has 0 spiro atoms. The number of piperidine rings is 1. The molecule has 0 unspecified atom stereocenters. The molecule has 6 nitrogen and oxygen atoms in total. The summed E-state index contributed by atoms with van der Waals surface area (Å²) in [5, 5.41) is 5.91. The van der Waals surface area contributed by atoms with Crippen molar-refractivity contribution in [3.63, 3.8) is 0 Å². The molecule has 0 radical (unpaired) electrons. The normalized spacial score (nSPS) is 18.7. The van der Waals surface area contributed by atoms with Gasteiger partial charge in [-0.25, -0.2) is 9.18 Å². The molecule has 0 bridgehead atoms. The molecule has 1 aliphatic heterocycles. The van der Waals surface area contributed by atoms with E-state index in [1.54, 1.807) is 24.1 Å². The fourth-order valence-corrected chi connectivity index (χ4v) is 3.96. The molecule has 1 aromatic heterocycles. The summed E-state index contributed by atoms with van der Waals surface area (Å²) in [4.78, 5) is 31.6. The maximum Gasteiger partial charge on any atom is 0.317 e. The number of aryl methyl sites for hydroxylation is 1. The Morgan fingerprint density at radius 3 is 2.71 bits per heavy atom. The predicted molar refractivity (Wildman–Crippen MR) is 118 cm³/mol. The molecule has 31 heavy (non-hydrogen) atoms. The SMILES string of the molecule is Cc1cc([C@@H]2C[C@H](C(=O)NCCc3ccccn3)CN(C(=O)NC(C)C)C2)ccc1F. The summed E-state index contributed by atoms with van der Waals surface area (Å²) in [5.74, 6) is -0.678. The Morgan fingerprint density at radius 1 is 1.23 bits per heavy atom. The van der Waals surface area contributed by atoms with Crippen molar-refractivity contribution in [1.29, 1.82) is 0 Å². The zero-order valence-electron chi connectivity index (χ0n) is 18.4. The van der Waals surface area contributed by atoms with Crippen molar-refractivity contribution >= 4 is 11.9 Å². The van der Waals surface area contributed by atoms with Gasteiger partial charge in [-0.1, -0.05) is 18.2 Å². The molecule has 3 rings (SSSR count). The molecule has 2 aromatic rings. The number of aromatic nitrogens is 1. The lowest BCUT2D eigenvalue weighted by atomic mass is 9.83. The Hall–Kier alpha value is -2.96. The highest BCUT2D eigenvalue weighted by Gasteiger charge is 2.34. The molecule has 1 aromatic carbocycles. The Bertz CT molecular complexity index is 904. The summed E-state index contributed by atoms with van der Waals surface area (Å²) in [6, 6.07) is 10.6. The van der Waals surface area contributed by atoms with E-state index in [1.807, 2.05) is 38.1 Å². The van der Waals surface area contributed by atoms with Gasteiger partial charge in [-0.2, -0.15) is 0 Å². The summed E-state index contributed by atoms with van der Waals surface area (Å²) in [5.41, 5.74) is 2.44. The van der Waals surface area contributed by atoms with E-state index in [-0.39, 0.29) is 35.6 Å². The lowest BCUT2D eigenvalue weighted by Crippen LogP contribution is -2.52. The monoisotopic (exact) mass is 426 g/mol. The number of halogens is 1. The minimum Gasteiger partial charge on any atom is -0.355 e. The van der Waals surface area contributed by atoms with E-state index in [9.17, 15) is 14.0 Å². The van der Waals surface area contributed by atoms with Crippen LogP contribution >= 0.6 is 0 Å². The summed E-state index contributed by atoms with van der Waals surface area (Å²) in [7, 11) is 0. The number of hydrogen-bond acceptors (Lipinski definition) is 3. The fourth-order valence-electron chi connectivity index (χ4n) is 3.96. The topological polar surface area (TPSA) is 74.3 Å². The molecule has 0 saturated carbocycles. The van der Waals surface area contributed by atoms with Crippen LogP contribution in [0.1, 0.15) is 43.0 Å². The average molecular weight is 427 g/mol. The molecule has 3 amide bonds. The number of amides is 3. The van der Waals surface area contributed by atoms with Crippen molar-refractivity contribution < 1.29 is 14.0 Å². The molecular formula is C24H31FN4O2. The molecule has 2 atom stereocenters.